The molecule has 35 heavy (non-hydrogen) atoms. The van der Waals surface area contributed by atoms with Crippen LogP contribution in [0.2, 0.25) is 0 Å². The summed E-state index contributed by atoms with van der Waals surface area (Å²) in [5, 5.41) is 5.67. The quantitative estimate of drug-likeness (QED) is 0.362. The van der Waals surface area contributed by atoms with Crippen molar-refractivity contribution in [3.8, 4) is 5.69 Å². The van der Waals surface area contributed by atoms with Crippen LogP contribution in [0.1, 0.15) is 11.3 Å². The first-order valence-corrected chi connectivity index (χ1v) is 12.1. The summed E-state index contributed by atoms with van der Waals surface area (Å²) in [6, 6.07) is 26.2. The summed E-state index contributed by atoms with van der Waals surface area (Å²) in [6.07, 6.45) is 0.289. The molecule has 0 radical (unpaired) electrons. The summed E-state index contributed by atoms with van der Waals surface area (Å²) >= 11 is 1.33. The van der Waals surface area contributed by atoms with Crippen LogP contribution in [-0.2, 0) is 23.1 Å². The molecule has 0 saturated heterocycles. The first kappa shape index (κ1) is 24.1. The molecule has 4 rings (SSSR count). The minimum absolute atomic E-state index is 0.106. The van der Waals surface area contributed by atoms with E-state index in [1.165, 1.54) is 16.4 Å². The molecule has 0 aliphatic carbocycles. The molecule has 2 amide bonds. The van der Waals surface area contributed by atoms with Crippen LogP contribution in [0.15, 0.2) is 94.6 Å². The molecule has 0 atom stereocenters. The first-order chi connectivity index (χ1) is 16.9. The normalized spacial score (nSPS) is 10.7. The van der Waals surface area contributed by atoms with Gasteiger partial charge in [0.05, 0.1) is 23.6 Å². The molecule has 0 fully saturated rings. The van der Waals surface area contributed by atoms with E-state index < -0.39 is 0 Å². The third-order valence-electron chi connectivity index (χ3n) is 5.51. The SMILES string of the molecule is Cc1c(NC(=O)CSc2cccc(NC(=O)Cc3ccccc3)c2)c(=O)n(-c2ccccc2)n1C. The Bertz CT molecular complexity index is 1400. The number of carbonyl (C=O) groups excluding carboxylic acids is 2. The molecular weight excluding hydrogens is 460 g/mol. The lowest BCUT2D eigenvalue weighted by Crippen LogP contribution is -2.23. The van der Waals surface area contributed by atoms with Gasteiger partial charge in [-0.1, -0.05) is 54.6 Å². The van der Waals surface area contributed by atoms with Gasteiger partial charge in [-0.2, -0.15) is 0 Å². The lowest BCUT2D eigenvalue weighted by Gasteiger charge is -2.08. The number of para-hydroxylation sites is 1. The fourth-order valence-corrected chi connectivity index (χ4v) is 4.44. The van der Waals surface area contributed by atoms with Gasteiger partial charge in [0.25, 0.3) is 5.56 Å². The predicted molar refractivity (Wildman–Crippen MR) is 140 cm³/mol. The number of nitrogens with one attached hydrogen (secondary N) is 2. The molecular formula is C27H26N4O3S. The van der Waals surface area contributed by atoms with Crippen LogP contribution >= 0.6 is 11.8 Å². The van der Waals surface area contributed by atoms with Crippen molar-refractivity contribution >= 4 is 35.0 Å². The van der Waals surface area contributed by atoms with E-state index >= 15 is 0 Å². The monoisotopic (exact) mass is 486 g/mol. The van der Waals surface area contributed by atoms with E-state index in [0.29, 0.717) is 11.4 Å². The minimum Gasteiger partial charge on any atom is -0.326 e. The molecule has 0 aliphatic rings. The second-order valence-corrected chi connectivity index (χ2v) is 9.06. The summed E-state index contributed by atoms with van der Waals surface area (Å²) in [5.74, 6) is -0.259. The fourth-order valence-electron chi connectivity index (χ4n) is 3.69. The van der Waals surface area contributed by atoms with Gasteiger partial charge in [0.15, 0.2) is 0 Å². The smallest absolute Gasteiger partial charge is 0.295 e. The maximum atomic E-state index is 13.0. The Morgan fingerprint density at radius 1 is 0.857 bits per heavy atom. The van der Waals surface area contributed by atoms with Crippen molar-refractivity contribution < 1.29 is 9.59 Å². The minimum atomic E-state index is -0.280. The number of aromatic nitrogens is 2. The number of hydrogen-bond acceptors (Lipinski definition) is 4. The standard InChI is InChI=1S/C27H26N4O3S/c1-19-26(27(34)31(30(19)2)22-13-7-4-8-14-22)29-25(33)18-35-23-15-9-12-21(17-23)28-24(32)16-20-10-5-3-6-11-20/h3-15,17H,16,18H2,1-2H3,(H,28,32)(H,29,33). The van der Waals surface area contributed by atoms with Crippen LogP contribution < -0.4 is 16.2 Å². The lowest BCUT2D eigenvalue weighted by atomic mass is 10.1. The Morgan fingerprint density at radius 3 is 2.26 bits per heavy atom. The number of carbonyl (C=O) groups is 2. The van der Waals surface area contributed by atoms with E-state index in [1.807, 2.05) is 84.9 Å². The largest absolute Gasteiger partial charge is 0.326 e. The van der Waals surface area contributed by atoms with E-state index in [2.05, 4.69) is 10.6 Å². The zero-order chi connectivity index (χ0) is 24.8. The highest BCUT2D eigenvalue weighted by Gasteiger charge is 2.18. The van der Waals surface area contributed by atoms with Crippen LogP contribution in [-0.4, -0.2) is 26.9 Å². The maximum absolute atomic E-state index is 13.0. The van der Waals surface area contributed by atoms with Crippen LogP contribution in [0.3, 0.4) is 0 Å². The zero-order valence-corrected chi connectivity index (χ0v) is 20.3. The number of nitrogens with zero attached hydrogens (tertiary/aromatic N) is 2. The molecule has 0 aliphatic heterocycles. The molecule has 7 nitrogen and oxygen atoms in total. The van der Waals surface area contributed by atoms with Crippen LogP contribution in [0, 0.1) is 6.92 Å². The lowest BCUT2D eigenvalue weighted by molar-refractivity contribution is -0.115. The van der Waals surface area contributed by atoms with Gasteiger partial charge in [0.2, 0.25) is 11.8 Å². The van der Waals surface area contributed by atoms with E-state index in [0.717, 1.165) is 16.1 Å². The highest BCUT2D eigenvalue weighted by molar-refractivity contribution is 8.00. The van der Waals surface area contributed by atoms with Crippen molar-refractivity contribution in [2.75, 3.05) is 16.4 Å². The first-order valence-electron chi connectivity index (χ1n) is 11.1. The average Bonchev–Trinajstić information content (AvgIpc) is 3.07. The number of thioether (sulfide) groups is 1. The summed E-state index contributed by atoms with van der Waals surface area (Å²) in [6.45, 7) is 1.80. The fraction of sp³-hybridized carbons (Fsp3) is 0.148. The van der Waals surface area contributed by atoms with Gasteiger partial charge in [0.1, 0.15) is 5.69 Å². The van der Waals surface area contributed by atoms with E-state index in [9.17, 15) is 14.4 Å². The number of amides is 2. The number of anilines is 2. The molecule has 0 unspecified atom stereocenters. The van der Waals surface area contributed by atoms with Crippen LogP contribution in [0.5, 0.6) is 0 Å². The Balaban J connectivity index is 1.37. The van der Waals surface area contributed by atoms with E-state index in [-0.39, 0.29) is 35.2 Å². The third kappa shape index (κ3) is 5.91. The summed E-state index contributed by atoms with van der Waals surface area (Å²) < 4.78 is 3.25. The highest BCUT2D eigenvalue weighted by Crippen LogP contribution is 2.22. The van der Waals surface area contributed by atoms with Crippen molar-refractivity contribution in [3.63, 3.8) is 0 Å². The molecule has 2 N–H and O–H groups in total. The van der Waals surface area contributed by atoms with E-state index in [1.54, 1.807) is 18.7 Å². The number of hydrogen-bond donors (Lipinski definition) is 2. The average molecular weight is 487 g/mol. The molecule has 0 bridgehead atoms. The third-order valence-corrected chi connectivity index (χ3v) is 6.51. The molecule has 1 aromatic heterocycles. The van der Waals surface area contributed by atoms with Crippen molar-refractivity contribution in [2.24, 2.45) is 7.05 Å². The predicted octanol–water partition coefficient (Wildman–Crippen LogP) is 4.40. The Hall–Kier alpha value is -4.04. The molecule has 0 spiro atoms. The van der Waals surface area contributed by atoms with Crippen molar-refractivity contribution in [3.05, 3.63) is 107 Å². The zero-order valence-electron chi connectivity index (χ0n) is 19.5. The van der Waals surface area contributed by atoms with Gasteiger partial charge in [-0.05, 0) is 42.8 Å². The summed E-state index contributed by atoms with van der Waals surface area (Å²) in [7, 11) is 1.78. The van der Waals surface area contributed by atoms with Crippen LogP contribution in [0.4, 0.5) is 11.4 Å². The van der Waals surface area contributed by atoms with E-state index in [4.69, 9.17) is 0 Å². The second kappa shape index (κ2) is 10.9. The van der Waals surface area contributed by atoms with Gasteiger partial charge in [0, 0.05) is 17.6 Å². The Labute approximate surface area is 207 Å². The van der Waals surface area contributed by atoms with Gasteiger partial charge in [-0.15, -0.1) is 11.8 Å². The molecule has 178 valence electrons. The highest BCUT2D eigenvalue weighted by atomic mass is 32.2. The molecule has 8 heteroatoms. The van der Waals surface area contributed by atoms with Gasteiger partial charge < -0.3 is 10.6 Å². The second-order valence-electron chi connectivity index (χ2n) is 8.01. The molecule has 4 aromatic rings. The molecule has 3 aromatic carbocycles. The van der Waals surface area contributed by atoms with Gasteiger partial charge >= 0.3 is 0 Å². The molecule has 1 heterocycles. The van der Waals surface area contributed by atoms with Gasteiger partial charge in [-0.3, -0.25) is 19.1 Å². The van der Waals surface area contributed by atoms with Crippen molar-refractivity contribution in [1.29, 1.82) is 0 Å². The summed E-state index contributed by atoms with van der Waals surface area (Å²) in [5.41, 5.74) is 2.99. The van der Waals surface area contributed by atoms with Crippen molar-refractivity contribution in [2.45, 2.75) is 18.2 Å². The Kier molecular flexibility index (Phi) is 7.52. The summed E-state index contributed by atoms with van der Waals surface area (Å²) in [4.78, 5) is 38.8. The van der Waals surface area contributed by atoms with Gasteiger partial charge in [-0.25, -0.2) is 4.68 Å². The Morgan fingerprint density at radius 2 is 1.54 bits per heavy atom. The topological polar surface area (TPSA) is 85.1 Å². The number of benzene rings is 3. The maximum Gasteiger partial charge on any atom is 0.295 e. The molecule has 0 saturated carbocycles. The van der Waals surface area contributed by atoms with Crippen molar-refractivity contribution in [1.82, 2.24) is 9.36 Å². The number of rotatable bonds is 8. The van der Waals surface area contributed by atoms with Crippen LogP contribution in [0.25, 0.3) is 5.69 Å².